The first-order valence-electron chi connectivity index (χ1n) is 10.5. The lowest BCUT2D eigenvalue weighted by Crippen LogP contribution is -2.56. The number of aryl methyl sites for hydroxylation is 1. The first-order valence-corrected chi connectivity index (χ1v) is 10.5. The van der Waals surface area contributed by atoms with Crippen molar-refractivity contribution in [2.75, 3.05) is 24.5 Å². The van der Waals surface area contributed by atoms with Crippen LogP contribution in [0, 0.1) is 5.41 Å². The summed E-state index contributed by atoms with van der Waals surface area (Å²) >= 11 is 0. The molecular weight excluding hydrogens is 324 g/mol. The summed E-state index contributed by atoms with van der Waals surface area (Å²) in [6.07, 6.45) is 15.0. The fraction of sp³-hybridized carbons (Fsp3) is 0.762. The van der Waals surface area contributed by atoms with Gasteiger partial charge < -0.3 is 9.80 Å². The van der Waals surface area contributed by atoms with Crippen LogP contribution in [-0.4, -0.2) is 46.5 Å². The number of amides is 1. The van der Waals surface area contributed by atoms with Gasteiger partial charge in [-0.1, -0.05) is 26.2 Å². The number of aromatic nitrogens is 2. The van der Waals surface area contributed by atoms with Crippen LogP contribution in [0.15, 0.2) is 12.5 Å². The van der Waals surface area contributed by atoms with Gasteiger partial charge in [-0.05, 0) is 38.5 Å². The van der Waals surface area contributed by atoms with Crippen molar-refractivity contribution in [1.29, 1.82) is 0 Å². The first kappa shape index (κ1) is 17.7. The average Bonchev–Trinajstić information content (AvgIpc) is 3.19. The van der Waals surface area contributed by atoms with Gasteiger partial charge >= 0.3 is 0 Å². The van der Waals surface area contributed by atoms with Crippen molar-refractivity contribution < 1.29 is 4.79 Å². The van der Waals surface area contributed by atoms with E-state index in [0.717, 1.165) is 51.1 Å². The molecule has 3 fully saturated rings. The van der Waals surface area contributed by atoms with Gasteiger partial charge in [-0.15, -0.1) is 0 Å². The minimum atomic E-state index is 0.253. The molecule has 5 heteroatoms. The Morgan fingerprint density at radius 2 is 2.04 bits per heavy atom. The summed E-state index contributed by atoms with van der Waals surface area (Å²) in [4.78, 5) is 26.2. The van der Waals surface area contributed by atoms with Crippen LogP contribution in [0.2, 0.25) is 0 Å². The molecule has 1 aliphatic carbocycles. The van der Waals surface area contributed by atoms with E-state index in [1.54, 1.807) is 6.33 Å². The van der Waals surface area contributed by atoms with E-state index in [-0.39, 0.29) is 5.41 Å². The number of piperidine rings is 2. The molecule has 0 N–H and O–H groups in total. The highest BCUT2D eigenvalue weighted by Gasteiger charge is 2.44. The molecule has 1 amide bonds. The zero-order valence-corrected chi connectivity index (χ0v) is 16.1. The molecule has 142 valence electrons. The predicted octanol–water partition coefficient (Wildman–Crippen LogP) is 3.58. The summed E-state index contributed by atoms with van der Waals surface area (Å²) in [7, 11) is 0. The summed E-state index contributed by atoms with van der Waals surface area (Å²) in [5.74, 6) is 1.53. The van der Waals surface area contributed by atoms with E-state index in [9.17, 15) is 4.79 Å². The number of likely N-dealkylation sites (tertiary alicyclic amines) is 1. The van der Waals surface area contributed by atoms with Crippen LogP contribution >= 0.6 is 0 Å². The van der Waals surface area contributed by atoms with Gasteiger partial charge in [-0.3, -0.25) is 4.79 Å². The number of hydrogen-bond donors (Lipinski definition) is 0. The van der Waals surface area contributed by atoms with Crippen LogP contribution in [0.25, 0.3) is 0 Å². The topological polar surface area (TPSA) is 49.3 Å². The van der Waals surface area contributed by atoms with E-state index in [1.807, 2.05) is 6.20 Å². The van der Waals surface area contributed by atoms with Crippen LogP contribution in [0.5, 0.6) is 0 Å². The van der Waals surface area contributed by atoms with Crippen LogP contribution in [0.3, 0.4) is 0 Å². The summed E-state index contributed by atoms with van der Waals surface area (Å²) in [6.45, 7) is 5.28. The SMILES string of the molecule is CCCc1cncnc1N1CCC[C@]2(CCC(=O)N(C3CCCC3)C2)C1. The first-order chi connectivity index (χ1) is 12.7. The Labute approximate surface area is 157 Å². The van der Waals surface area contributed by atoms with Gasteiger partial charge in [0.15, 0.2) is 0 Å². The molecule has 0 bridgehead atoms. The maximum absolute atomic E-state index is 12.6. The fourth-order valence-electron chi connectivity index (χ4n) is 5.40. The molecule has 3 aliphatic rings. The van der Waals surface area contributed by atoms with Crippen molar-refractivity contribution in [1.82, 2.24) is 14.9 Å². The lowest BCUT2D eigenvalue weighted by Gasteiger charge is -2.50. The van der Waals surface area contributed by atoms with E-state index < -0.39 is 0 Å². The van der Waals surface area contributed by atoms with Crippen LogP contribution in [-0.2, 0) is 11.2 Å². The van der Waals surface area contributed by atoms with E-state index in [0.29, 0.717) is 11.9 Å². The zero-order chi connectivity index (χ0) is 18.0. The third-order valence-electron chi connectivity index (χ3n) is 6.71. The molecule has 0 unspecified atom stereocenters. The van der Waals surface area contributed by atoms with Crippen molar-refractivity contribution in [3.63, 3.8) is 0 Å². The van der Waals surface area contributed by atoms with Crippen LogP contribution < -0.4 is 4.90 Å². The summed E-state index contributed by atoms with van der Waals surface area (Å²) in [5, 5.41) is 0. The number of hydrogen-bond acceptors (Lipinski definition) is 4. The normalized spacial score (nSPS) is 27.5. The Bertz CT molecular complexity index is 643. The van der Waals surface area contributed by atoms with E-state index in [4.69, 9.17) is 0 Å². The number of nitrogens with zero attached hydrogens (tertiary/aromatic N) is 4. The summed E-state index contributed by atoms with van der Waals surface area (Å²) in [6, 6.07) is 0.504. The summed E-state index contributed by atoms with van der Waals surface area (Å²) in [5.41, 5.74) is 1.52. The molecule has 1 aromatic heterocycles. The smallest absolute Gasteiger partial charge is 0.222 e. The van der Waals surface area contributed by atoms with Crippen molar-refractivity contribution in [2.45, 2.75) is 77.2 Å². The Kier molecular flexibility index (Phi) is 5.14. The second-order valence-electron chi connectivity index (χ2n) is 8.61. The molecule has 1 saturated carbocycles. The zero-order valence-electron chi connectivity index (χ0n) is 16.1. The maximum atomic E-state index is 12.6. The third-order valence-corrected chi connectivity index (χ3v) is 6.71. The van der Waals surface area contributed by atoms with Gasteiger partial charge in [0.05, 0.1) is 0 Å². The molecule has 0 aromatic carbocycles. The molecular formula is C21H32N4O. The van der Waals surface area contributed by atoms with Gasteiger partial charge in [-0.2, -0.15) is 0 Å². The fourth-order valence-corrected chi connectivity index (χ4v) is 5.40. The molecule has 2 aliphatic heterocycles. The van der Waals surface area contributed by atoms with E-state index in [2.05, 4.69) is 26.7 Å². The Balaban J connectivity index is 1.53. The molecule has 2 saturated heterocycles. The van der Waals surface area contributed by atoms with Crippen molar-refractivity contribution in [3.05, 3.63) is 18.1 Å². The summed E-state index contributed by atoms with van der Waals surface area (Å²) < 4.78 is 0. The molecule has 5 nitrogen and oxygen atoms in total. The lowest BCUT2D eigenvalue weighted by atomic mass is 9.73. The maximum Gasteiger partial charge on any atom is 0.222 e. The molecule has 1 atom stereocenters. The third kappa shape index (κ3) is 3.45. The minimum absolute atomic E-state index is 0.253. The second kappa shape index (κ2) is 7.53. The quantitative estimate of drug-likeness (QED) is 0.827. The minimum Gasteiger partial charge on any atom is -0.356 e. The standard InChI is InChI=1S/C21H32N4O/c1-2-6-17-13-22-16-23-20(17)24-12-5-10-21(14-24)11-9-19(26)25(15-21)18-7-3-4-8-18/h13,16,18H,2-12,14-15H2,1H3/t21-/m0/s1. The number of carbonyl (C=O) groups excluding carboxylic acids is 1. The molecule has 1 aromatic rings. The van der Waals surface area contributed by atoms with Crippen molar-refractivity contribution in [3.8, 4) is 0 Å². The number of anilines is 1. The van der Waals surface area contributed by atoms with Gasteiger partial charge in [-0.25, -0.2) is 9.97 Å². The molecule has 4 rings (SSSR count). The highest BCUT2D eigenvalue weighted by atomic mass is 16.2. The highest BCUT2D eigenvalue weighted by molar-refractivity contribution is 5.77. The van der Waals surface area contributed by atoms with Crippen LogP contribution in [0.4, 0.5) is 5.82 Å². The Morgan fingerprint density at radius 1 is 1.19 bits per heavy atom. The van der Waals surface area contributed by atoms with E-state index >= 15 is 0 Å². The number of carbonyl (C=O) groups is 1. The van der Waals surface area contributed by atoms with E-state index in [1.165, 1.54) is 44.1 Å². The highest BCUT2D eigenvalue weighted by Crippen LogP contribution is 2.42. The lowest BCUT2D eigenvalue weighted by molar-refractivity contribution is -0.140. The second-order valence-corrected chi connectivity index (χ2v) is 8.61. The number of rotatable bonds is 4. The van der Waals surface area contributed by atoms with Gasteiger partial charge in [0.1, 0.15) is 12.1 Å². The van der Waals surface area contributed by atoms with Gasteiger partial charge in [0, 0.05) is 49.3 Å². The average molecular weight is 357 g/mol. The molecule has 3 heterocycles. The van der Waals surface area contributed by atoms with Crippen molar-refractivity contribution >= 4 is 11.7 Å². The predicted molar refractivity (Wildman–Crippen MR) is 103 cm³/mol. The van der Waals surface area contributed by atoms with Crippen molar-refractivity contribution in [2.24, 2.45) is 5.41 Å². The van der Waals surface area contributed by atoms with Gasteiger partial charge in [0.25, 0.3) is 0 Å². The Hall–Kier alpha value is -1.65. The monoisotopic (exact) mass is 356 g/mol. The van der Waals surface area contributed by atoms with Gasteiger partial charge in [0.2, 0.25) is 5.91 Å². The molecule has 0 radical (unpaired) electrons. The Morgan fingerprint density at radius 3 is 2.85 bits per heavy atom. The molecule has 26 heavy (non-hydrogen) atoms. The van der Waals surface area contributed by atoms with Crippen LogP contribution in [0.1, 0.15) is 70.3 Å². The largest absolute Gasteiger partial charge is 0.356 e. The molecule has 1 spiro atoms.